The quantitative estimate of drug-likeness (QED) is 0.113. The Hall–Kier alpha value is -2.92. The van der Waals surface area contributed by atoms with E-state index in [0.717, 1.165) is 16.0 Å². The molecule has 0 aliphatic carbocycles. The molecule has 0 bridgehead atoms. The first-order chi connectivity index (χ1) is 16.4. The Kier molecular flexibility index (Phi) is 7.84. The fourth-order valence-corrected chi connectivity index (χ4v) is 5.56. The molecule has 0 saturated heterocycles. The van der Waals surface area contributed by atoms with Crippen molar-refractivity contribution in [3.8, 4) is 0 Å². The first-order valence-electron chi connectivity index (χ1n) is 9.92. The fourth-order valence-electron chi connectivity index (χ4n) is 2.83. The Morgan fingerprint density at radius 2 is 1.82 bits per heavy atom. The third kappa shape index (κ3) is 6.35. The van der Waals surface area contributed by atoms with Gasteiger partial charge in [-0.1, -0.05) is 76.3 Å². The Morgan fingerprint density at radius 1 is 1.09 bits per heavy atom. The number of nitro benzene ring substituents is 1. The van der Waals surface area contributed by atoms with Gasteiger partial charge in [0.2, 0.25) is 5.13 Å². The maximum Gasteiger partial charge on any atom is 0.284 e. The van der Waals surface area contributed by atoms with E-state index in [1.807, 2.05) is 55.5 Å². The largest absolute Gasteiger partial charge is 0.296 e. The first kappa shape index (κ1) is 24.2. The van der Waals surface area contributed by atoms with E-state index in [0.29, 0.717) is 25.1 Å². The minimum atomic E-state index is -0.486. The van der Waals surface area contributed by atoms with Crippen molar-refractivity contribution in [1.29, 1.82) is 0 Å². The van der Waals surface area contributed by atoms with Gasteiger partial charge in [0.25, 0.3) is 11.6 Å². The smallest absolute Gasteiger partial charge is 0.284 e. The molecule has 0 aliphatic heterocycles. The van der Waals surface area contributed by atoms with Crippen molar-refractivity contribution in [1.82, 2.24) is 10.2 Å². The van der Waals surface area contributed by atoms with Crippen LogP contribution in [-0.4, -0.2) is 21.0 Å². The second-order valence-corrected chi connectivity index (χ2v) is 10.8. The Morgan fingerprint density at radius 3 is 2.53 bits per heavy atom. The van der Waals surface area contributed by atoms with Gasteiger partial charge in [-0.15, -0.1) is 10.2 Å². The Balaban J connectivity index is 1.42. The first-order valence-corrected chi connectivity index (χ1v) is 12.9. The lowest BCUT2D eigenvalue weighted by Gasteiger charge is -2.06. The van der Waals surface area contributed by atoms with Crippen LogP contribution in [0.3, 0.4) is 0 Å². The third-order valence-corrected chi connectivity index (χ3v) is 7.94. The molecule has 34 heavy (non-hydrogen) atoms. The molecule has 1 aromatic heterocycles. The van der Waals surface area contributed by atoms with Crippen molar-refractivity contribution in [2.24, 2.45) is 0 Å². The monoisotopic (exact) mass is 528 g/mol. The van der Waals surface area contributed by atoms with Gasteiger partial charge in [0, 0.05) is 27.3 Å². The predicted molar refractivity (Wildman–Crippen MR) is 137 cm³/mol. The summed E-state index contributed by atoms with van der Waals surface area (Å²) in [5.41, 5.74) is 2.24. The van der Waals surface area contributed by atoms with E-state index in [-0.39, 0.29) is 11.3 Å². The van der Waals surface area contributed by atoms with Gasteiger partial charge in [0.15, 0.2) is 4.34 Å². The van der Waals surface area contributed by atoms with Gasteiger partial charge >= 0.3 is 0 Å². The molecule has 0 spiro atoms. The summed E-state index contributed by atoms with van der Waals surface area (Å²) in [4.78, 5) is 25.2. The maximum atomic E-state index is 12.7. The number of amides is 1. The Bertz CT molecular complexity index is 1330. The number of nitro groups is 1. The van der Waals surface area contributed by atoms with Gasteiger partial charge < -0.3 is 0 Å². The van der Waals surface area contributed by atoms with Gasteiger partial charge in [0.1, 0.15) is 0 Å². The standard InChI is InChI=1S/C23H17ClN4O3S3/c1-14-2-9-18(10-3-14)33-20-11-6-16(12-19(20)28(30)31)21(29)25-22-26-27-23(34-22)32-13-15-4-7-17(24)8-5-15/h2-12H,13H2,1H3,(H,25,26,29). The summed E-state index contributed by atoms with van der Waals surface area (Å²) in [5, 5.41) is 23.4. The lowest BCUT2D eigenvalue weighted by atomic mass is 10.2. The second-order valence-electron chi connectivity index (χ2n) is 7.10. The van der Waals surface area contributed by atoms with Crippen molar-refractivity contribution in [2.45, 2.75) is 26.8 Å². The maximum absolute atomic E-state index is 12.7. The fraction of sp³-hybridized carbons (Fsp3) is 0.0870. The molecule has 0 atom stereocenters. The van der Waals surface area contributed by atoms with Gasteiger partial charge in [-0.25, -0.2) is 0 Å². The molecule has 0 saturated carbocycles. The normalized spacial score (nSPS) is 10.8. The number of carbonyl (C=O) groups excluding carboxylic acids is 1. The minimum Gasteiger partial charge on any atom is -0.296 e. The molecule has 7 nitrogen and oxygen atoms in total. The van der Waals surface area contributed by atoms with Gasteiger partial charge in [-0.3, -0.25) is 20.2 Å². The molecule has 1 N–H and O–H groups in total. The van der Waals surface area contributed by atoms with Crippen LogP contribution in [0.1, 0.15) is 21.5 Å². The van der Waals surface area contributed by atoms with Crippen molar-refractivity contribution in [2.75, 3.05) is 5.32 Å². The average Bonchev–Trinajstić information content (AvgIpc) is 3.27. The number of hydrogen-bond acceptors (Lipinski definition) is 8. The van der Waals surface area contributed by atoms with E-state index in [1.54, 1.807) is 12.1 Å². The lowest BCUT2D eigenvalue weighted by Crippen LogP contribution is -2.12. The van der Waals surface area contributed by atoms with Gasteiger partial charge in [-0.2, -0.15) is 0 Å². The number of nitrogens with zero attached hydrogens (tertiary/aromatic N) is 3. The molecule has 0 radical (unpaired) electrons. The molecule has 4 rings (SSSR count). The van der Waals surface area contributed by atoms with E-state index in [2.05, 4.69) is 15.5 Å². The molecule has 0 fully saturated rings. The van der Waals surface area contributed by atoms with E-state index < -0.39 is 10.8 Å². The number of nitrogens with one attached hydrogen (secondary N) is 1. The van der Waals surface area contributed by atoms with E-state index >= 15 is 0 Å². The molecular weight excluding hydrogens is 512 g/mol. The molecule has 3 aromatic carbocycles. The molecule has 1 amide bonds. The zero-order valence-corrected chi connectivity index (χ0v) is 20.9. The number of rotatable bonds is 8. The average molecular weight is 529 g/mol. The zero-order chi connectivity index (χ0) is 24.1. The van der Waals surface area contributed by atoms with Crippen LogP contribution in [0, 0.1) is 17.0 Å². The Labute approximate surface area is 213 Å². The summed E-state index contributed by atoms with van der Waals surface area (Å²) in [6.07, 6.45) is 0. The summed E-state index contributed by atoms with van der Waals surface area (Å²) in [6, 6.07) is 19.7. The van der Waals surface area contributed by atoms with E-state index in [1.165, 1.54) is 40.9 Å². The van der Waals surface area contributed by atoms with Crippen LogP contribution in [0.5, 0.6) is 0 Å². The molecule has 1 heterocycles. The number of thioether (sulfide) groups is 1. The number of halogens is 1. The molecular formula is C23H17ClN4O3S3. The van der Waals surface area contributed by atoms with Crippen LogP contribution < -0.4 is 5.32 Å². The number of anilines is 1. The molecule has 0 unspecified atom stereocenters. The van der Waals surface area contributed by atoms with Crippen molar-refractivity contribution in [3.05, 3.63) is 98.6 Å². The number of carbonyl (C=O) groups is 1. The molecule has 172 valence electrons. The van der Waals surface area contributed by atoms with E-state index in [4.69, 9.17) is 11.6 Å². The molecule has 11 heteroatoms. The number of hydrogen-bond donors (Lipinski definition) is 1. The van der Waals surface area contributed by atoms with Crippen LogP contribution in [-0.2, 0) is 5.75 Å². The number of aryl methyl sites for hydroxylation is 1. The number of benzene rings is 3. The van der Waals surface area contributed by atoms with Crippen molar-refractivity contribution in [3.63, 3.8) is 0 Å². The SMILES string of the molecule is Cc1ccc(Sc2ccc(C(=O)Nc3nnc(SCc4ccc(Cl)cc4)s3)cc2[N+](=O)[O-])cc1. The predicted octanol–water partition coefficient (Wildman–Crippen LogP) is 7.10. The molecule has 0 aliphatic rings. The third-order valence-electron chi connectivity index (χ3n) is 4.57. The van der Waals surface area contributed by atoms with Crippen molar-refractivity contribution < 1.29 is 9.72 Å². The highest BCUT2D eigenvalue weighted by Crippen LogP contribution is 2.36. The van der Waals surface area contributed by atoms with Crippen LogP contribution >= 0.6 is 46.5 Å². The lowest BCUT2D eigenvalue weighted by molar-refractivity contribution is -0.387. The highest BCUT2D eigenvalue weighted by molar-refractivity contribution is 8.00. The van der Waals surface area contributed by atoms with E-state index in [9.17, 15) is 14.9 Å². The van der Waals surface area contributed by atoms with Crippen molar-refractivity contribution >= 4 is 63.2 Å². The summed E-state index contributed by atoms with van der Waals surface area (Å²) < 4.78 is 0.695. The summed E-state index contributed by atoms with van der Waals surface area (Å²) in [5.74, 6) is 0.201. The highest BCUT2D eigenvalue weighted by atomic mass is 35.5. The van der Waals surface area contributed by atoms with Gasteiger partial charge in [-0.05, 0) is 48.9 Å². The van der Waals surface area contributed by atoms with Crippen LogP contribution in [0.2, 0.25) is 5.02 Å². The highest BCUT2D eigenvalue weighted by Gasteiger charge is 2.19. The summed E-state index contributed by atoms with van der Waals surface area (Å²) in [7, 11) is 0. The zero-order valence-electron chi connectivity index (χ0n) is 17.7. The van der Waals surface area contributed by atoms with Gasteiger partial charge in [0.05, 0.1) is 9.82 Å². The van der Waals surface area contributed by atoms with Crippen LogP contribution in [0.25, 0.3) is 0 Å². The summed E-state index contributed by atoms with van der Waals surface area (Å²) >= 11 is 9.91. The molecule has 4 aromatic rings. The second kappa shape index (κ2) is 11.0. The number of aromatic nitrogens is 2. The van der Waals surface area contributed by atoms with Crippen LogP contribution in [0.15, 0.2) is 80.9 Å². The summed E-state index contributed by atoms with van der Waals surface area (Å²) in [6.45, 7) is 1.98. The topological polar surface area (TPSA) is 98.0 Å². The minimum absolute atomic E-state index is 0.130. The van der Waals surface area contributed by atoms with Crippen LogP contribution in [0.4, 0.5) is 10.8 Å².